The average molecular weight is 470 g/mol. The second-order valence-corrected chi connectivity index (χ2v) is 9.05. The molecule has 2 aromatic heterocycles. The number of pyridine rings is 1. The summed E-state index contributed by atoms with van der Waals surface area (Å²) in [6, 6.07) is 8.87. The quantitative estimate of drug-likeness (QED) is 0.530. The lowest BCUT2D eigenvalue weighted by atomic mass is 9.73. The molecule has 6 rings (SSSR count). The molecule has 10 heteroatoms. The minimum Gasteiger partial charge on any atom is -0.472 e. The molecule has 4 unspecified atom stereocenters. The van der Waals surface area contributed by atoms with Crippen molar-refractivity contribution < 1.29 is 27.1 Å². The number of halogens is 4. The van der Waals surface area contributed by atoms with E-state index in [2.05, 4.69) is 15.0 Å². The van der Waals surface area contributed by atoms with Crippen molar-refractivity contribution in [3.63, 3.8) is 0 Å². The van der Waals surface area contributed by atoms with Gasteiger partial charge in [-0.15, -0.1) is 0 Å². The van der Waals surface area contributed by atoms with E-state index in [0.717, 1.165) is 37.5 Å². The van der Waals surface area contributed by atoms with Gasteiger partial charge in [-0.3, -0.25) is 4.79 Å². The molecule has 2 aliphatic carbocycles. The maximum absolute atomic E-state index is 13.6. The van der Waals surface area contributed by atoms with Gasteiger partial charge in [0.2, 0.25) is 5.88 Å². The number of nitrogens with zero attached hydrogens (tertiary/aromatic N) is 4. The van der Waals surface area contributed by atoms with Gasteiger partial charge in [0.25, 0.3) is 5.91 Å². The molecule has 3 fully saturated rings. The van der Waals surface area contributed by atoms with Crippen LogP contribution in [0.1, 0.15) is 28.8 Å². The molecule has 3 aromatic rings. The number of likely N-dealkylation sites (tertiary alicyclic amines) is 1. The van der Waals surface area contributed by atoms with Gasteiger partial charge in [-0.2, -0.15) is 13.2 Å². The molecule has 4 atom stereocenters. The van der Waals surface area contributed by atoms with Gasteiger partial charge >= 0.3 is 6.18 Å². The monoisotopic (exact) mass is 470 g/mol. The van der Waals surface area contributed by atoms with Gasteiger partial charge < -0.3 is 9.64 Å². The Hall–Kier alpha value is -3.56. The molecular formula is C24H18F4N4O2. The fraction of sp³-hybridized carbons (Fsp3) is 0.333. The van der Waals surface area contributed by atoms with Crippen LogP contribution in [0.5, 0.6) is 5.88 Å². The maximum Gasteiger partial charge on any atom is 0.417 e. The van der Waals surface area contributed by atoms with Gasteiger partial charge in [0, 0.05) is 29.8 Å². The fourth-order valence-electron chi connectivity index (χ4n) is 5.50. The molecule has 1 aromatic carbocycles. The van der Waals surface area contributed by atoms with Crippen LogP contribution < -0.4 is 4.74 Å². The summed E-state index contributed by atoms with van der Waals surface area (Å²) in [6.07, 6.45) is -0.228. The molecule has 1 amide bonds. The highest BCUT2D eigenvalue weighted by Crippen LogP contribution is 2.71. The number of hydrogen-bond acceptors (Lipinski definition) is 5. The molecule has 2 saturated carbocycles. The Balaban J connectivity index is 1.25. The summed E-state index contributed by atoms with van der Waals surface area (Å²) >= 11 is 0. The van der Waals surface area contributed by atoms with Crippen molar-refractivity contribution >= 4 is 5.91 Å². The van der Waals surface area contributed by atoms with Crippen LogP contribution in [-0.2, 0) is 6.18 Å². The molecule has 3 aliphatic rings. The van der Waals surface area contributed by atoms with E-state index in [1.807, 2.05) is 0 Å². The summed E-state index contributed by atoms with van der Waals surface area (Å²) in [6.45, 7) is 0.586. The van der Waals surface area contributed by atoms with Gasteiger partial charge in [-0.25, -0.2) is 19.3 Å². The number of piperidine rings is 1. The van der Waals surface area contributed by atoms with Gasteiger partial charge in [-0.1, -0.05) is 18.2 Å². The van der Waals surface area contributed by atoms with Crippen molar-refractivity contribution in [2.24, 2.45) is 11.3 Å². The summed E-state index contributed by atoms with van der Waals surface area (Å²) in [5, 5.41) is 0. The molecule has 3 heterocycles. The van der Waals surface area contributed by atoms with Crippen molar-refractivity contribution in [2.75, 3.05) is 6.54 Å². The van der Waals surface area contributed by atoms with Gasteiger partial charge in [0.15, 0.2) is 11.6 Å². The Morgan fingerprint density at radius 3 is 2.50 bits per heavy atom. The molecule has 174 valence electrons. The van der Waals surface area contributed by atoms with Crippen molar-refractivity contribution in [3.8, 4) is 17.3 Å². The molecule has 0 bridgehead atoms. The first kappa shape index (κ1) is 21.0. The number of ether oxygens (including phenoxy) is 1. The number of aromatic nitrogens is 3. The first-order valence-electron chi connectivity index (χ1n) is 10.8. The Morgan fingerprint density at radius 1 is 1.03 bits per heavy atom. The molecule has 0 N–H and O–H groups in total. The number of hydrogen-bond donors (Lipinski definition) is 0. The Morgan fingerprint density at radius 2 is 1.79 bits per heavy atom. The van der Waals surface area contributed by atoms with Crippen LogP contribution in [0.25, 0.3) is 11.4 Å². The van der Waals surface area contributed by atoms with Crippen LogP contribution in [0.2, 0.25) is 0 Å². The van der Waals surface area contributed by atoms with Gasteiger partial charge in [0.1, 0.15) is 6.10 Å². The van der Waals surface area contributed by atoms with Crippen LogP contribution in [-0.4, -0.2) is 44.4 Å². The van der Waals surface area contributed by atoms with Crippen molar-refractivity contribution in [1.29, 1.82) is 0 Å². The van der Waals surface area contributed by atoms with Crippen molar-refractivity contribution in [1.82, 2.24) is 19.9 Å². The molecule has 1 spiro atoms. The van der Waals surface area contributed by atoms with E-state index in [0.29, 0.717) is 23.6 Å². The van der Waals surface area contributed by atoms with E-state index < -0.39 is 17.6 Å². The second-order valence-electron chi connectivity index (χ2n) is 9.05. The lowest BCUT2D eigenvalue weighted by Crippen LogP contribution is -2.59. The third kappa shape index (κ3) is 3.23. The number of rotatable bonds is 4. The van der Waals surface area contributed by atoms with Crippen LogP contribution in [0, 0.1) is 17.2 Å². The van der Waals surface area contributed by atoms with E-state index in [9.17, 15) is 22.4 Å². The highest BCUT2D eigenvalue weighted by molar-refractivity contribution is 6.00. The summed E-state index contributed by atoms with van der Waals surface area (Å²) < 4.78 is 57.7. The first-order chi connectivity index (χ1) is 16.3. The van der Waals surface area contributed by atoms with Crippen LogP contribution in [0.3, 0.4) is 0 Å². The topological polar surface area (TPSA) is 68.2 Å². The number of carbonyl (C=O) groups is 1. The van der Waals surface area contributed by atoms with Gasteiger partial charge in [0.05, 0.1) is 29.6 Å². The number of amides is 1. The maximum atomic E-state index is 13.6. The minimum absolute atomic E-state index is 0.00750. The van der Waals surface area contributed by atoms with Crippen LogP contribution in [0.4, 0.5) is 17.6 Å². The largest absolute Gasteiger partial charge is 0.472 e. The van der Waals surface area contributed by atoms with Crippen LogP contribution >= 0.6 is 0 Å². The summed E-state index contributed by atoms with van der Waals surface area (Å²) in [5.74, 6) is -0.0328. The SMILES string of the molecule is O=C(c1ccccc1-c1ncc(F)cn1)N1CC2CC23CC(Oc2ccc(C(F)(F)F)cn2)C13. The van der Waals surface area contributed by atoms with Crippen molar-refractivity contribution in [2.45, 2.75) is 31.2 Å². The molecule has 1 aliphatic heterocycles. The molecule has 1 saturated heterocycles. The second kappa shape index (κ2) is 7.22. The standard InChI is InChI=1S/C24H18F4N4O2/c25-15-10-30-21(31-11-15)16-3-1-2-4-17(16)22(33)32-12-14-7-23(14)8-18(20(23)32)34-19-6-5-13(9-29-19)24(26,27)28/h1-6,9-11,14,18,20H,7-8,12H2. The van der Waals surface area contributed by atoms with E-state index in [1.165, 1.54) is 6.07 Å². The Kier molecular flexibility index (Phi) is 4.46. The smallest absolute Gasteiger partial charge is 0.417 e. The summed E-state index contributed by atoms with van der Waals surface area (Å²) in [4.78, 5) is 27.2. The Bertz CT molecular complexity index is 1270. The fourth-order valence-corrected chi connectivity index (χ4v) is 5.50. The molecule has 6 nitrogen and oxygen atoms in total. The average Bonchev–Trinajstić information content (AvgIpc) is 3.47. The van der Waals surface area contributed by atoms with E-state index in [-0.39, 0.29) is 35.2 Å². The zero-order chi connectivity index (χ0) is 23.7. The highest BCUT2D eigenvalue weighted by atomic mass is 19.4. The van der Waals surface area contributed by atoms with Crippen molar-refractivity contribution in [3.05, 3.63) is 71.9 Å². The summed E-state index contributed by atoms with van der Waals surface area (Å²) in [5.41, 5.74) is 0.0738. The predicted molar refractivity (Wildman–Crippen MR) is 111 cm³/mol. The van der Waals surface area contributed by atoms with Gasteiger partial charge in [-0.05, 0) is 30.9 Å². The van der Waals surface area contributed by atoms with E-state index in [4.69, 9.17) is 4.74 Å². The lowest BCUT2D eigenvalue weighted by molar-refractivity contribution is -0.137. The van der Waals surface area contributed by atoms with Crippen LogP contribution in [0.15, 0.2) is 55.0 Å². The Labute approximate surface area is 191 Å². The van der Waals surface area contributed by atoms with E-state index in [1.54, 1.807) is 29.2 Å². The minimum atomic E-state index is -4.47. The zero-order valence-corrected chi connectivity index (χ0v) is 17.7. The number of benzene rings is 1. The normalized spacial score (nSPS) is 26.9. The number of carbonyl (C=O) groups excluding carboxylic acids is 1. The highest BCUT2D eigenvalue weighted by Gasteiger charge is 2.76. The third-order valence-corrected chi connectivity index (χ3v) is 7.17. The molecule has 34 heavy (non-hydrogen) atoms. The number of alkyl halides is 3. The predicted octanol–water partition coefficient (Wildman–Crippen LogP) is 4.38. The molecule has 0 radical (unpaired) electrons. The molecular weight excluding hydrogens is 452 g/mol. The zero-order valence-electron chi connectivity index (χ0n) is 17.7. The van der Waals surface area contributed by atoms with E-state index >= 15 is 0 Å². The third-order valence-electron chi connectivity index (χ3n) is 7.17. The lowest BCUT2D eigenvalue weighted by Gasteiger charge is -2.47. The first-order valence-corrected chi connectivity index (χ1v) is 10.8. The summed E-state index contributed by atoms with van der Waals surface area (Å²) in [7, 11) is 0.